The monoisotopic (exact) mass is 195 g/mol. The topological polar surface area (TPSA) is 40.5 Å². The molecule has 1 amide bonds. The number of carbonyl (C=O) groups excluding carboxylic acids is 1. The summed E-state index contributed by atoms with van der Waals surface area (Å²) in [6.07, 6.45) is 0.409. The van der Waals surface area contributed by atoms with E-state index in [2.05, 4.69) is 0 Å². The summed E-state index contributed by atoms with van der Waals surface area (Å²) in [7, 11) is 3.38. The Morgan fingerprint density at radius 3 is 1.93 bits per heavy atom. The zero-order valence-corrected chi connectivity index (χ0v) is 8.84. The molecule has 1 unspecified atom stereocenters. The van der Waals surface area contributed by atoms with Crippen molar-refractivity contribution in [2.24, 2.45) is 0 Å². The molecule has 0 aliphatic heterocycles. The van der Waals surface area contributed by atoms with Gasteiger partial charge in [-0.3, -0.25) is 4.79 Å². The lowest BCUT2D eigenvalue weighted by atomic mass is 10.1. The van der Waals surface area contributed by atoms with E-state index >= 15 is 0 Å². The lowest BCUT2D eigenvalue weighted by molar-refractivity contribution is -0.115. The summed E-state index contributed by atoms with van der Waals surface area (Å²) in [5.74, 6) is 0. The van der Waals surface area contributed by atoms with Gasteiger partial charge in [-0.05, 0) is 12.5 Å². The standard InChI is InChI=1S/C8H10O.C3H7NO/c1-7(9)8-5-3-2-4-6-8;1-4(2)3-5/h2-7,9H,1H3;3H,1-2H3. The minimum Gasteiger partial charge on any atom is -0.389 e. The number of rotatable bonds is 2. The first-order valence-electron chi connectivity index (χ1n) is 4.42. The maximum atomic E-state index is 9.43. The molecule has 0 saturated heterocycles. The van der Waals surface area contributed by atoms with Gasteiger partial charge in [0.25, 0.3) is 0 Å². The quantitative estimate of drug-likeness (QED) is 0.725. The minimum atomic E-state index is -0.341. The third kappa shape index (κ3) is 6.20. The number of carbonyl (C=O) groups is 1. The predicted octanol–water partition coefficient (Wildman–Crippen LogP) is 1.44. The second kappa shape index (κ2) is 7.09. The fourth-order valence-corrected chi connectivity index (χ4v) is 0.732. The van der Waals surface area contributed by atoms with E-state index in [1.165, 1.54) is 4.90 Å². The number of aliphatic hydroxyl groups is 1. The van der Waals surface area contributed by atoms with Crippen LogP contribution in [-0.4, -0.2) is 30.5 Å². The van der Waals surface area contributed by atoms with E-state index in [1.807, 2.05) is 30.3 Å². The molecule has 1 atom stereocenters. The molecule has 0 aliphatic carbocycles. The molecular formula is C11H17NO2. The van der Waals surface area contributed by atoms with Gasteiger partial charge in [-0.15, -0.1) is 0 Å². The molecule has 1 aromatic rings. The van der Waals surface area contributed by atoms with Gasteiger partial charge in [0.05, 0.1) is 6.10 Å². The van der Waals surface area contributed by atoms with Gasteiger partial charge in [0.1, 0.15) is 0 Å². The highest BCUT2D eigenvalue weighted by Crippen LogP contribution is 2.08. The highest BCUT2D eigenvalue weighted by molar-refractivity contribution is 5.45. The molecule has 0 radical (unpaired) electrons. The molecule has 1 aromatic carbocycles. The van der Waals surface area contributed by atoms with Gasteiger partial charge in [-0.1, -0.05) is 30.3 Å². The summed E-state index contributed by atoms with van der Waals surface area (Å²) >= 11 is 0. The number of hydrogen-bond donors (Lipinski definition) is 1. The van der Waals surface area contributed by atoms with E-state index in [0.29, 0.717) is 0 Å². The fraction of sp³-hybridized carbons (Fsp3) is 0.364. The molecule has 0 bridgehead atoms. The second-order valence-corrected chi connectivity index (χ2v) is 3.16. The Bertz CT molecular complexity index is 245. The van der Waals surface area contributed by atoms with Crippen molar-refractivity contribution in [2.45, 2.75) is 13.0 Å². The molecule has 0 aliphatic rings. The summed E-state index contributed by atoms with van der Waals surface area (Å²) in [4.78, 5) is 10.9. The maximum absolute atomic E-state index is 9.43. The van der Waals surface area contributed by atoms with Crippen LogP contribution in [0.25, 0.3) is 0 Å². The van der Waals surface area contributed by atoms with E-state index in [1.54, 1.807) is 21.0 Å². The molecule has 0 saturated carbocycles. The second-order valence-electron chi connectivity index (χ2n) is 3.16. The van der Waals surface area contributed by atoms with Crippen LogP contribution in [0, 0.1) is 0 Å². The van der Waals surface area contributed by atoms with Crippen LogP contribution in [0.1, 0.15) is 18.6 Å². The van der Waals surface area contributed by atoms with Crippen LogP contribution < -0.4 is 0 Å². The zero-order valence-electron chi connectivity index (χ0n) is 8.84. The van der Waals surface area contributed by atoms with E-state index in [-0.39, 0.29) is 6.10 Å². The highest BCUT2D eigenvalue weighted by Gasteiger charge is 1.95. The smallest absolute Gasteiger partial charge is 0.209 e. The summed E-state index contributed by atoms with van der Waals surface area (Å²) in [6, 6.07) is 9.59. The first kappa shape index (κ1) is 12.7. The van der Waals surface area contributed by atoms with Gasteiger partial charge in [-0.2, -0.15) is 0 Å². The molecular weight excluding hydrogens is 178 g/mol. The third-order valence-electron chi connectivity index (χ3n) is 1.49. The molecule has 1 rings (SSSR count). The van der Waals surface area contributed by atoms with Crippen molar-refractivity contribution >= 4 is 6.41 Å². The average Bonchev–Trinajstić information content (AvgIpc) is 2.20. The van der Waals surface area contributed by atoms with E-state index in [0.717, 1.165) is 12.0 Å². The van der Waals surface area contributed by atoms with Crippen LogP contribution in [0.5, 0.6) is 0 Å². The van der Waals surface area contributed by atoms with Crippen LogP contribution in [0.15, 0.2) is 30.3 Å². The van der Waals surface area contributed by atoms with Crippen LogP contribution in [0.3, 0.4) is 0 Å². The first-order chi connectivity index (χ1) is 6.57. The number of aliphatic hydroxyl groups excluding tert-OH is 1. The Balaban J connectivity index is 0.000000292. The van der Waals surface area contributed by atoms with Crippen molar-refractivity contribution in [3.05, 3.63) is 35.9 Å². The zero-order chi connectivity index (χ0) is 11.0. The summed E-state index contributed by atoms with van der Waals surface area (Å²) in [5, 5.41) is 9.02. The highest BCUT2D eigenvalue weighted by atomic mass is 16.3. The first-order valence-corrected chi connectivity index (χ1v) is 4.42. The molecule has 1 N–H and O–H groups in total. The molecule has 0 spiro atoms. The molecule has 78 valence electrons. The van der Waals surface area contributed by atoms with Gasteiger partial charge in [-0.25, -0.2) is 0 Å². The Morgan fingerprint density at radius 2 is 1.71 bits per heavy atom. The van der Waals surface area contributed by atoms with Crippen molar-refractivity contribution in [3.8, 4) is 0 Å². The number of hydrogen-bond acceptors (Lipinski definition) is 2. The van der Waals surface area contributed by atoms with Crippen molar-refractivity contribution in [2.75, 3.05) is 14.1 Å². The van der Waals surface area contributed by atoms with Gasteiger partial charge < -0.3 is 10.0 Å². The fourth-order valence-electron chi connectivity index (χ4n) is 0.732. The van der Waals surface area contributed by atoms with Crippen molar-refractivity contribution in [1.82, 2.24) is 4.90 Å². The van der Waals surface area contributed by atoms with Crippen LogP contribution >= 0.6 is 0 Å². The Kier molecular flexibility index (Phi) is 6.41. The van der Waals surface area contributed by atoms with Crippen LogP contribution in [-0.2, 0) is 4.79 Å². The van der Waals surface area contributed by atoms with Gasteiger partial charge in [0.2, 0.25) is 6.41 Å². The van der Waals surface area contributed by atoms with Gasteiger partial charge >= 0.3 is 0 Å². The molecule has 0 heterocycles. The lowest BCUT2D eigenvalue weighted by Gasteiger charge is -2.00. The van der Waals surface area contributed by atoms with E-state index in [4.69, 9.17) is 5.11 Å². The van der Waals surface area contributed by atoms with Crippen molar-refractivity contribution < 1.29 is 9.90 Å². The van der Waals surface area contributed by atoms with Crippen molar-refractivity contribution in [1.29, 1.82) is 0 Å². The number of benzene rings is 1. The minimum absolute atomic E-state index is 0.341. The predicted molar refractivity (Wildman–Crippen MR) is 56.8 cm³/mol. The molecule has 3 nitrogen and oxygen atoms in total. The maximum Gasteiger partial charge on any atom is 0.209 e. The summed E-state index contributed by atoms with van der Waals surface area (Å²) < 4.78 is 0. The Morgan fingerprint density at radius 1 is 1.29 bits per heavy atom. The Labute approximate surface area is 85.0 Å². The lowest BCUT2D eigenvalue weighted by Crippen LogP contribution is -2.06. The van der Waals surface area contributed by atoms with Crippen LogP contribution in [0.2, 0.25) is 0 Å². The van der Waals surface area contributed by atoms with Gasteiger partial charge in [0.15, 0.2) is 0 Å². The summed E-state index contributed by atoms with van der Waals surface area (Å²) in [5.41, 5.74) is 0.970. The van der Waals surface area contributed by atoms with Crippen molar-refractivity contribution in [3.63, 3.8) is 0 Å². The third-order valence-corrected chi connectivity index (χ3v) is 1.49. The van der Waals surface area contributed by atoms with E-state index < -0.39 is 0 Å². The summed E-state index contributed by atoms with van der Waals surface area (Å²) in [6.45, 7) is 1.76. The van der Waals surface area contributed by atoms with Gasteiger partial charge in [0, 0.05) is 14.1 Å². The SMILES string of the molecule is CC(O)c1ccccc1.CN(C)C=O. The Hall–Kier alpha value is -1.35. The normalized spacial score (nSPS) is 10.9. The van der Waals surface area contributed by atoms with E-state index in [9.17, 15) is 4.79 Å². The largest absolute Gasteiger partial charge is 0.389 e. The molecule has 14 heavy (non-hydrogen) atoms. The number of nitrogens with zero attached hydrogens (tertiary/aromatic N) is 1. The molecule has 0 aromatic heterocycles. The van der Waals surface area contributed by atoms with Crippen LogP contribution in [0.4, 0.5) is 0 Å². The molecule has 3 heteroatoms. The molecule has 0 fully saturated rings. The average molecular weight is 195 g/mol. The number of amides is 1.